The fraction of sp³-hybridized carbons (Fsp3) is 0.200. The van der Waals surface area contributed by atoms with E-state index < -0.39 is 22.0 Å². The van der Waals surface area contributed by atoms with Gasteiger partial charge >= 0.3 is 0 Å². The van der Waals surface area contributed by atoms with Crippen LogP contribution in [0.3, 0.4) is 0 Å². The smallest absolute Gasteiger partial charge is 0.269 e. The first kappa shape index (κ1) is 14.4. The van der Waals surface area contributed by atoms with E-state index in [0.29, 0.717) is 6.42 Å². The zero-order valence-electron chi connectivity index (χ0n) is 11.9. The van der Waals surface area contributed by atoms with Crippen molar-refractivity contribution in [1.82, 2.24) is 4.31 Å². The first-order valence-corrected chi connectivity index (χ1v) is 9.32. The molecule has 1 atom stereocenters. The van der Waals surface area contributed by atoms with Gasteiger partial charge in [0.25, 0.3) is 15.9 Å². The van der Waals surface area contributed by atoms with E-state index in [-0.39, 0.29) is 17.0 Å². The molecule has 0 spiro atoms. The van der Waals surface area contributed by atoms with Crippen molar-refractivity contribution in [2.75, 3.05) is 6.54 Å². The van der Waals surface area contributed by atoms with E-state index in [9.17, 15) is 13.2 Å². The number of thiophene rings is 1. The van der Waals surface area contributed by atoms with Gasteiger partial charge in [-0.25, -0.2) is 12.7 Å². The van der Waals surface area contributed by atoms with Crippen molar-refractivity contribution < 1.29 is 18.0 Å². The number of amides is 1. The molecule has 0 saturated carbocycles. The van der Waals surface area contributed by atoms with Gasteiger partial charge in [-0.2, -0.15) is 0 Å². The summed E-state index contributed by atoms with van der Waals surface area (Å²) in [6, 6.07) is 10.1. The zero-order chi connectivity index (χ0) is 16.0. The van der Waals surface area contributed by atoms with Crippen LogP contribution in [0.4, 0.5) is 0 Å². The van der Waals surface area contributed by atoms with Crippen molar-refractivity contribution in [3.05, 3.63) is 52.2 Å². The third-order valence-corrected chi connectivity index (χ3v) is 6.55. The second-order valence-electron chi connectivity index (χ2n) is 5.28. The number of carbonyl (C=O) groups excluding carboxylic acids is 1. The Hall–Kier alpha value is -2.19. The van der Waals surface area contributed by atoms with Crippen molar-refractivity contribution in [3.8, 4) is 0 Å². The highest BCUT2D eigenvalue weighted by atomic mass is 32.2. The minimum Gasteiger partial charge on any atom is -0.390 e. The lowest BCUT2D eigenvalue weighted by atomic mass is 10.1. The molecule has 0 saturated heterocycles. The van der Waals surface area contributed by atoms with Crippen molar-refractivity contribution in [2.24, 2.45) is 5.16 Å². The summed E-state index contributed by atoms with van der Waals surface area (Å²) in [7, 11) is -3.80. The average molecular weight is 348 g/mol. The van der Waals surface area contributed by atoms with Crippen LogP contribution in [0, 0.1) is 0 Å². The highest BCUT2D eigenvalue weighted by molar-refractivity contribution is 7.90. The normalized spacial score (nSPS) is 21.9. The van der Waals surface area contributed by atoms with Crippen LogP contribution < -0.4 is 0 Å². The lowest BCUT2D eigenvalue weighted by molar-refractivity contribution is 0.0599. The maximum Gasteiger partial charge on any atom is 0.269 e. The summed E-state index contributed by atoms with van der Waals surface area (Å²) in [5, 5.41) is 5.96. The molecule has 118 valence electrons. The first-order valence-electron chi connectivity index (χ1n) is 7.00. The standard InChI is InChI=1S/C15H12N2O4S2/c18-15-11-4-1-2-6-14(11)23(19,20)17(15)9-10-8-12(16-21-10)13-5-3-7-22-13/h1-7,10H,8-9H2/t10-/m1/s1. The third-order valence-electron chi connectivity index (χ3n) is 3.82. The van der Waals surface area contributed by atoms with E-state index in [1.165, 1.54) is 12.1 Å². The van der Waals surface area contributed by atoms with Crippen LogP contribution >= 0.6 is 11.3 Å². The third kappa shape index (κ3) is 2.25. The molecule has 8 heteroatoms. The summed E-state index contributed by atoms with van der Waals surface area (Å²) >= 11 is 1.55. The SMILES string of the molecule is O=C1c2ccccc2S(=O)(=O)N1C[C@H]1CC(c2cccs2)=NO1. The minimum absolute atomic E-state index is 0.0335. The molecule has 1 aromatic heterocycles. The molecule has 2 aromatic rings. The van der Waals surface area contributed by atoms with Gasteiger partial charge in [0.1, 0.15) is 10.6 Å². The Bertz CT molecular complexity index is 903. The van der Waals surface area contributed by atoms with Crippen LogP contribution in [0.15, 0.2) is 51.8 Å². The lowest BCUT2D eigenvalue weighted by Gasteiger charge is -2.18. The number of sulfonamides is 1. The Kier molecular flexibility index (Phi) is 3.24. The molecule has 2 aliphatic heterocycles. The number of rotatable bonds is 3. The predicted octanol–water partition coefficient (Wildman–Crippen LogP) is 2.09. The maximum absolute atomic E-state index is 12.5. The van der Waals surface area contributed by atoms with Crippen molar-refractivity contribution in [2.45, 2.75) is 17.4 Å². The Morgan fingerprint density at radius 1 is 1.26 bits per heavy atom. The predicted molar refractivity (Wildman–Crippen MR) is 85.0 cm³/mol. The topological polar surface area (TPSA) is 76.0 Å². The van der Waals surface area contributed by atoms with E-state index >= 15 is 0 Å². The van der Waals surface area contributed by atoms with E-state index in [2.05, 4.69) is 5.16 Å². The van der Waals surface area contributed by atoms with Crippen molar-refractivity contribution >= 4 is 33.0 Å². The van der Waals surface area contributed by atoms with E-state index in [0.717, 1.165) is 14.9 Å². The molecule has 0 unspecified atom stereocenters. The van der Waals surface area contributed by atoms with Gasteiger partial charge in [-0.15, -0.1) is 11.3 Å². The van der Waals surface area contributed by atoms with E-state index in [1.807, 2.05) is 17.5 Å². The number of carbonyl (C=O) groups is 1. The summed E-state index contributed by atoms with van der Waals surface area (Å²) in [6.45, 7) is -0.0335. The van der Waals surface area contributed by atoms with Gasteiger partial charge in [-0.1, -0.05) is 23.4 Å². The monoisotopic (exact) mass is 348 g/mol. The fourth-order valence-corrected chi connectivity index (χ4v) is 5.03. The summed E-state index contributed by atoms with van der Waals surface area (Å²) in [6.07, 6.45) is 0.0241. The van der Waals surface area contributed by atoms with Crippen LogP contribution in [0.1, 0.15) is 21.7 Å². The van der Waals surface area contributed by atoms with Gasteiger partial charge in [0.2, 0.25) is 0 Å². The molecule has 1 aromatic carbocycles. The molecule has 23 heavy (non-hydrogen) atoms. The first-order chi connectivity index (χ1) is 11.1. The summed E-state index contributed by atoms with van der Waals surface area (Å²) in [5.41, 5.74) is 0.997. The molecule has 4 rings (SSSR count). The molecule has 0 radical (unpaired) electrons. The van der Waals surface area contributed by atoms with E-state index in [1.54, 1.807) is 23.5 Å². The molecular weight excluding hydrogens is 336 g/mol. The maximum atomic E-state index is 12.5. The number of benzene rings is 1. The molecule has 0 bridgehead atoms. The van der Waals surface area contributed by atoms with Crippen molar-refractivity contribution in [1.29, 1.82) is 0 Å². The van der Waals surface area contributed by atoms with Crippen LogP contribution in [-0.2, 0) is 14.9 Å². The van der Waals surface area contributed by atoms with Crippen LogP contribution in [0.2, 0.25) is 0 Å². The van der Waals surface area contributed by atoms with E-state index in [4.69, 9.17) is 4.84 Å². The zero-order valence-corrected chi connectivity index (χ0v) is 13.5. The summed E-state index contributed by atoms with van der Waals surface area (Å²) in [5.74, 6) is -0.506. The van der Waals surface area contributed by atoms with Gasteiger partial charge in [-0.3, -0.25) is 4.79 Å². The van der Waals surface area contributed by atoms with Gasteiger partial charge in [-0.05, 0) is 23.6 Å². The Labute approximate surface area is 137 Å². The second kappa shape index (κ2) is 5.17. The fourth-order valence-electron chi connectivity index (χ4n) is 2.71. The van der Waals surface area contributed by atoms with Crippen LogP contribution in [0.5, 0.6) is 0 Å². The van der Waals surface area contributed by atoms with Gasteiger partial charge < -0.3 is 4.84 Å². The summed E-state index contributed by atoms with van der Waals surface area (Å²) < 4.78 is 25.9. The minimum atomic E-state index is -3.80. The molecule has 1 amide bonds. The number of nitrogens with zero attached hydrogens (tertiary/aromatic N) is 2. The molecular formula is C15H12N2O4S2. The summed E-state index contributed by atoms with van der Waals surface area (Å²) in [4.78, 5) is 18.7. The number of hydrogen-bond acceptors (Lipinski definition) is 6. The van der Waals surface area contributed by atoms with Crippen molar-refractivity contribution in [3.63, 3.8) is 0 Å². The Balaban J connectivity index is 1.54. The largest absolute Gasteiger partial charge is 0.390 e. The Morgan fingerprint density at radius 3 is 2.83 bits per heavy atom. The molecule has 3 heterocycles. The number of hydrogen-bond donors (Lipinski definition) is 0. The van der Waals surface area contributed by atoms with Gasteiger partial charge in [0.05, 0.1) is 17.0 Å². The average Bonchev–Trinajstić information content (AvgIpc) is 3.25. The number of oxime groups is 1. The second-order valence-corrected chi connectivity index (χ2v) is 8.06. The molecule has 6 nitrogen and oxygen atoms in total. The highest BCUT2D eigenvalue weighted by Gasteiger charge is 2.43. The van der Waals surface area contributed by atoms with Crippen LogP contribution in [-0.4, -0.2) is 37.0 Å². The molecule has 0 aliphatic carbocycles. The lowest BCUT2D eigenvalue weighted by Crippen LogP contribution is -2.37. The molecule has 0 fully saturated rings. The molecule has 2 aliphatic rings. The van der Waals surface area contributed by atoms with Gasteiger partial charge in [0.15, 0.2) is 6.10 Å². The highest BCUT2D eigenvalue weighted by Crippen LogP contribution is 2.31. The molecule has 0 N–H and O–H groups in total. The number of fused-ring (bicyclic) bond motifs is 1. The van der Waals surface area contributed by atoms with Crippen LogP contribution in [0.25, 0.3) is 0 Å². The quantitative estimate of drug-likeness (QED) is 0.851. The Morgan fingerprint density at radius 2 is 2.09 bits per heavy atom. The van der Waals surface area contributed by atoms with Gasteiger partial charge in [0, 0.05) is 6.42 Å².